The van der Waals surface area contributed by atoms with E-state index in [9.17, 15) is 9.90 Å². The molecule has 2 atom stereocenters. The van der Waals surface area contributed by atoms with Crippen molar-refractivity contribution in [2.75, 3.05) is 13.2 Å². The minimum Gasteiger partial charge on any atom is -0.393 e. The van der Waals surface area contributed by atoms with Crippen LogP contribution < -0.4 is 10.6 Å². The molecule has 0 saturated heterocycles. The van der Waals surface area contributed by atoms with Gasteiger partial charge in [0.25, 0.3) is 0 Å². The normalized spacial score (nSPS) is 17.7. The molecule has 0 aromatic rings. The van der Waals surface area contributed by atoms with Crippen molar-refractivity contribution in [3.05, 3.63) is 0 Å². The third-order valence-corrected chi connectivity index (χ3v) is 2.02. The van der Waals surface area contributed by atoms with Crippen molar-refractivity contribution in [2.45, 2.75) is 51.8 Å². The standard InChI is InChI=1S/C11H24N2O3/c1-8(9(15)13-10(2,3)4)12-6-11(5,16)7-14/h8,12,14,16H,6-7H2,1-5H3,(H,13,15). The van der Waals surface area contributed by atoms with Gasteiger partial charge in [0.1, 0.15) is 0 Å². The summed E-state index contributed by atoms with van der Waals surface area (Å²) in [5.74, 6) is -0.124. The van der Waals surface area contributed by atoms with E-state index in [0.29, 0.717) is 0 Å². The Morgan fingerprint density at radius 3 is 2.19 bits per heavy atom. The first-order valence-corrected chi connectivity index (χ1v) is 5.46. The number of hydrogen-bond acceptors (Lipinski definition) is 4. The van der Waals surface area contributed by atoms with Gasteiger partial charge in [0, 0.05) is 12.1 Å². The van der Waals surface area contributed by atoms with Gasteiger partial charge in [-0.15, -0.1) is 0 Å². The second-order valence-corrected chi connectivity index (χ2v) is 5.50. The first-order chi connectivity index (χ1) is 7.07. The van der Waals surface area contributed by atoms with Gasteiger partial charge in [0.15, 0.2) is 0 Å². The fraction of sp³-hybridized carbons (Fsp3) is 0.909. The zero-order valence-corrected chi connectivity index (χ0v) is 10.8. The summed E-state index contributed by atoms with van der Waals surface area (Å²) in [6.07, 6.45) is 0. The predicted octanol–water partition coefficient (Wildman–Crippen LogP) is -0.377. The Hall–Kier alpha value is -0.650. The molecule has 0 fully saturated rings. The minimum atomic E-state index is -1.20. The zero-order chi connectivity index (χ0) is 13.0. The number of aliphatic hydroxyl groups excluding tert-OH is 1. The third kappa shape index (κ3) is 6.76. The summed E-state index contributed by atoms with van der Waals surface area (Å²) in [7, 11) is 0. The third-order valence-electron chi connectivity index (χ3n) is 2.02. The highest BCUT2D eigenvalue weighted by Crippen LogP contribution is 2.02. The van der Waals surface area contributed by atoms with Gasteiger partial charge in [0.05, 0.1) is 18.2 Å². The molecule has 5 heteroatoms. The van der Waals surface area contributed by atoms with E-state index in [1.807, 2.05) is 20.8 Å². The predicted molar refractivity (Wildman–Crippen MR) is 63.1 cm³/mol. The Labute approximate surface area is 97.2 Å². The number of carbonyl (C=O) groups is 1. The monoisotopic (exact) mass is 232 g/mol. The molecule has 0 aromatic carbocycles. The fourth-order valence-corrected chi connectivity index (χ4v) is 0.999. The highest BCUT2D eigenvalue weighted by atomic mass is 16.3. The number of hydrogen-bond donors (Lipinski definition) is 4. The molecular formula is C11H24N2O3. The molecule has 0 aromatic heterocycles. The lowest BCUT2D eigenvalue weighted by Crippen LogP contribution is -2.52. The average Bonchev–Trinajstić information content (AvgIpc) is 2.11. The van der Waals surface area contributed by atoms with Gasteiger partial charge >= 0.3 is 0 Å². The van der Waals surface area contributed by atoms with Crippen LogP contribution in [0.3, 0.4) is 0 Å². The molecule has 16 heavy (non-hydrogen) atoms. The van der Waals surface area contributed by atoms with Crippen molar-refractivity contribution < 1.29 is 15.0 Å². The Balaban J connectivity index is 4.08. The van der Waals surface area contributed by atoms with Crippen molar-refractivity contribution in [2.24, 2.45) is 0 Å². The maximum Gasteiger partial charge on any atom is 0.237 e. The lowest BCUT2D eigenvalue weighted by Gasteiger charge is -2.26. The Kier molecular flexibility index (Phi) is 5.38. The maximum absolute atomic E-state index is 11.6. The molecule has 0 aliphatic carbocycles. The number of rotatable bonds is 5. The van der Waals surface area contributed by atoms with E-state index in [-0.39, 0.29) is 24.6 Å². The van der Waals surface area contributed by atoms with Crippen LogP contribution in [0.5, 0.6) is 0 Å². The van der Waals surface area contributed by atoms with Gasteiger partial charge in [-0.1, -0.05) is 0 Å². The summed E-state index contributed by atoms with van der Waals surface area (Å²) in [4.78, 5) is 11.6. The first kappa shape index (κ1) is 15.3. The summed E-state index contributed by atoms with van der Waals surface area (Å²) in [5, 5.41) is 24.1. The van der Waals surface area contributed by atoms with Crippen LogP contribution in [-0.4, -0.2) is 46.5 Å². The second-order valence-electron chi connectivity index (χ2n) is 5.50. The Morgan fingerprint density at radius 1 is 1.31 bits per heavy atom. The summed E-state index contributed by atoms with van der Waals surface area (Å²) >= 11 is 0. The summed E-state index contributed by atoms with van der Waals surface area (Å²) in [6.45, 7) is 8.77. The van der Waals surface area contributed by atoms with Gasteiger partial charge in [-0.25, -0.2) is 0 Å². The Morgan fingerprint density at radius 2 is 1.81 bits per heavy atom. The molecule has 0 radical (unpaired) electrons. The molecule has 0 saturated carbocycles. The van der Waals surface area contributed by atoms with Crippen LogP contribution >= 0.6 is 0 Å². The topological polar surface area (TPSA) is 81.6 Å². The lowest BCUT2D eigenvalue weighted by atomic mass is 10.1. The van der Waals surface area contributed by atoms with Crippen LogP contribution in [-0.2, 0) is 4.79 Å². The minimum absolute atomic E-state index is 0.124. The number of aliphatic hydroxyl groups is 2. The van der Waals surface area contributed by atoms with Crippen LogP contribution in [0.2, 0.25) is 0 Å². The van der Waals surface area contributed by atoms with E-state index in [1.54, 1.807) is 6.92 Å². The molecule has 96 valence electrons. The molecule has 5 nitrogen and oxygen atoms in total. The highest BCUT2D eigenvalue weighted by molar-refractivity contribution is 5.81. The molecular weight excluding hydrogens is 208 g/mol. The summed E-state index contributed by atoms with van der Waals surface area (Å²) < 4.78 is 0. The smallest absolute Gasteiger partial charge is 0.237 e. The van der Waals surface area contributed by atoms with Crippen molar-refractivity contribution in [3.63, 3.8) is 0 Å². The molecule has 0 spiro atoms. The van der Waals surface area contributed by atoms with E-state index in [2.05, 4.69) is 10.6 Å². The largest absolute Gasteiger partial charge is 0.393 e. The maximum atomic E-state index is 11.6. The zero-order valence-electron chi connectivity index (χ0n) is 10.8. The van der Waals surface area contributed by atoms with Gasteiger partial charge in [-0.3, -0.25) is 4.79 Å². The SMILES string of the molecule is CC(NCC(C)(O)CO)C(=O)NC(C)(C)C. The van der Waals surface area contributed by atoms with Crippen LogP contribution in [0.15, 0.2) is 0 Å². The summed E-state index contributed by atoms with van der Waals surface area (Å²) in [5.41, 5.74) is -1.47. The van der Waals surface area contributed by atoms with Crippen LogP contribution in [0.4, 0.5) is 0 Å². The molecule has 1 amide bonds. The van der Waals surface area contributed by atoms with Gasteiger partial charge in [-0.2, -0.15) is 0 Å². The van der Waals surface area contributed by atoms with Crippen LogP contribution in [0.25, 0.3) is 0 Å². The fourth-order valence-electron chi connectivity index (χ4n) is 0.999. The average molecular weight is 232 g/mol. The van der Waals surface area contributed by atoms with Crippen molar-refractivity contribution in [3.8, 4) is 0 Å². The molecule has 2 unspecified atom stereocenters. The molecule has 0 heterocycles. The number of nitrogens with one attached hydrogen (secondary N) is 2. The van der Waals surface area contributed by atoms with Gasteiger partial charge < -0.3 is 20.8 Å². The molecule has 0 bridgehead atoms. The van der Waals surface area contributed by atoms with E-state index in [1.165, 1.54) is 6.92 Å². The molecule has 0 aliphatic heterocycles. The highest BCUT2D eigenvalue weighted by Gasteiger charge is 2.23. The molecule has 0 rings (SSSR count). The van der Waals surface area contributed by atoms with Gasteiger partial charge in [-0.05, 0) is 34.6 Å². The quantitative estimate of drug-likeness (QED) is 0.521. The van der Waals surface area contributed by atoms with E-state index >= 15 is 0 Å². The number of amides is 1. The number of carbonyl (C=O) groups excluding carboxylic acids is 1. The molecule has 4 N–H and O–H groups in total. The summed E-state index contributed by atoms with van der Waals surface area (Å²) in [6, 6.07) is -0.405. The van der Waals surface area contributed by atoms with Crippen molar-refractivity contribution in [1.29, 1.82) is 0 Å². The van der Waals surface area contributed by atoms with Crippen LogP contribution in [0.1, 0.15) is 34.6 Å². The lowest BCUT2D eigenvalue weighted by molar-refractivity contribution is -0.124. The first-order valence-electron chi connectivity index (χ1n) is 5.46. The van der Waals surface area contributed by atoms with E-state index < -0.39 is 11.6 Å². The molecule has 0 aliphatic rings. The van der Waals surface area contributed by atoms with Crippen molar-refractivity contribution in [1.82, 2.24) is 10.6 Å². The van der Waals surface area contributed by atoms with Crippen LogP contribution in [0, 0.1) is 0 Å². The second kappa shape index (κ2) is 5.61. The van der Waals surface area contributed by atoms with E-state index in [4.69, 9.17) is 5.11 Å². The van der Waals surface area contributed by atoms with E-state index in [0.717, 1.165) is 0 Å². The van der Waals surface area contributed by atoms with Gasteiger partial charge in [0.2, 0.25) is 5.91 Å². The van der Waals surface area contributed by atoms with Crippen molar-refractivity contribution >= 4 is 5.91 Å². The Bertz CT molecular complexity index is 234.